The van der Waals surface area contributed by atoms with Gasteiger partial charge in [-0.1, -0.05) is 0 Å². The molecule has 1 aromatic carbocycles. The molecule has 2 fully saturated rings. The largest absolute Gasteiger partial charge is 0.497 e. The highest BCUT2D eigenvalue weighted by Crippen LogP contribution is 2.24. The van der Waals surface area contributed by atoms with Gasteiger partial charge < -0.3 is 24.0 Å². The summed E-state index contributed by atoms with van der Waals surface area (Å²) in [4.78, 5) is 30.5. The Hall–Kier alpha value is -3.56. The molecule has 0 radical (unpaired) electrons. The second kappa shape index (κ2) is 9.07. The number of methoxy groups -OCH3 is 2. The molecular formula is C21H25N5O5. The van der Waals surface area contributed by atoms with E-state index >= 15 is 0 Å². The van der Waals surface area contributed by atoms with Gasteiger partial charge in [0.2, 0.25) is 17.7 Å². The fourth-order valence-corrected chi connectivity index (χ4v) is 3.70. The molecule has 4 rings (SSSR count). The Kier molecular flexibility index (Phi) is 6.06. The quantitative estimate of drug-likeness (QED) is 0.659. The van der Waals surface area contributed by atoms with Gasteiger partial charge in [-0.15, -0.1) is 10.2 Å². The molecule has 10 nitrogen and oxygen atoms in total. The summed E-state index contributed by atoms with van der Waals surface area (Å²) in [6.45, 7) is 2.14. The molecule has 0 aliphatic carbocycles. The van der Waals surface area contributed by atoms with Gasteiger partial charge in [0.15, 0.2) is 0 Å². The predicted molar refractivity (Wildman–Crippen MR) is 112 cm³/mol. The topological polar surface area (TPSA) is 97.3 Å². The molecule has 3 amide bonds. The maximum absolute atomic E-state index is 12.8. The predicted octanol–water partition coefficient (Wildman–Crippen LogP) is 1.42. The lowest BCUT2D eigenvalue weighted by Crippen LogP contribution is -2.42. The second-order valence-electron chi connectivity index (χ2n) is 7.34. The number of hydrogen-bond donors (Lipinski definition) is 0. The summed E-state index contributed by atoms with van der Waals surface area (Å²) in [5, 5.41) is 7.84. The number of anilines is 1. The first-order valence-electron chi connectivity index (χ1n) is 10.1. The van der Waals surface area contributed by atoms with E-state index in [9.17, 15) is 9.59 Å². The van der Waals surface area contributed by atoms with Crippen LogP contribution in [0.1, 0.15) is 6.42 Å². The molecule has 3 heterocycles. The number of nitrogens with zero attached hydrogens (tertiary/aromatic N) is 5. The Balaban J connectivity index is 1.28. The average molecular weight is 427 g/mol. The van der Waals surface area contributed by atoms with Crippen molar-refractivity contribution in [1.82, 2.24) is 20.0 Å². The SMILES string of the molecule is COc1ccc(N2CCN(CC(=O)N3CCC(Oc4ccc(OC)nn4)C3)C2=O)cc1. The molecule has 164 valence electrons. The smallest absolute Gasteiger partial charge is 0.325 e. The van der Waals surface area contributed by atoms with Gasteiger partial charge in [0.1, 0.15) is 18.4 Å². The summed E-state index contributed by atoms with van der Waals surface area (Å²) in [7, 11) is 3.12. The van der Waals surface area contributed by atoms with Crippen LogP contribution < -0.4 is 19.1 Å². The van der Waals surface area contributed by atoms with Crippen molar-refractivity contribution in [2.75, 3.05) is 51.8 Å². The van der Waals surface area contributed by atoms with Crippen LogP contribution in [0.3, 0.4) is 0 Å². The minimum atomic E-state index is -0.168. The third-order valence-electron chi connectivity index (χ3n) is 5.42. The van der Waals surface area contributed by atoms with E-state index in [2.05, 4.69) is 10.2 Å². The highest BCUT2D eigenvalue weighted by atomic mass is 16.5. The number of rotatable bonds is 7. The van der Waals surface area contributed by atoms with Crippen molar-refractivity contribution in [3.05, 3.63) is 36.4 Å². The molecule has 1 atom stereocenters. The van der Waals surface area contributed by atoms with Crippen LogP contribution in [-0.2, 0) is 4.79 Å². The van der Waals surface area contributed by atoms with Gasteiger partial charge in [-0.2, -0.15) is 0 Å². The van der Waals surface area contributed by atoms with E-state index in [1.807, 2.05) is 24.3 Å². The molecule has 2 aliphatic heterocycles. The maximum Gasteiger partial charge on any atom is 0.325 e. The molecule has 0 bridgehead atoms. The van der Waals surface area contributed by atoms with Gasteiger partial charge in [-0.25, -0.2) is 4.79 Å². The van der Waals surface area contributed by atoms with E-state index in [0.29, 0.717) is 44.4 Å². The highest BCUT2D eigenvalue weighted by Gasteiger charge is 2.34. The van der Waals surface area contributed by atoms with Crippen LogP contribution in [0.4, 0.5) is 10.5 Å². The number of amides is 3. The summed E-state index contributed by atoms with van der Waals surface area (Å²) in [5.41, 5.74) is 0.788. The molecule has 0 N–H and O–H groups in total. The minimum absolute atomic E-state index is 0.0561. The fourth-order valence-electron chi connectivity index (χ4n) is 3.70. The molecular weight excluding hydrogens is 402 g/mol. The summed E-state index contributed by atoms with van der Waals surface area (Å²) >= 11 is 0. The first-order valence-corrected chi connectivity index (χ1v) is 10.1. The van der Waals surface area contributed by atoms with Gasteiger partial charge in [0.25, 0.3) is 0 Å². The summed E-state index contributed by atoms with van der Waals surface area (Å²) in [6.07, 6.45) is 0.544. The first-order chi connectivity index (χ1) is 15.1. The van der Waals surface area contributed by atoms with Crippen molar-refractivity contribution in [1.29, 1.82) is 0 Å². The molecule has 2 aliphatic rings. The van der Waals surface area contributed by atoms with Crippen LogP contribution in [0, 0.1) is 0 Å². The zero-order valence-electron chi connectivity index (χ0n) is 17.6. The summed E-state index contributed by atoms with van der Waals surface area (Å²) in [6, 6.07) is 10.5. The third-order valence-corrected chi connectivity index (χ3v) is 5.42. The molecule has 0 spiro atoms. The second-order valence-corrected chi connectivity index (χ2v) is 7.34. The number of urea groups is 1. The van der Waals surface area contributed by atoms with Crippen molar-refractivity contribution >= 4 is 17.6 Å². The number of aromatic nitrogens is 2. The molecule has 0 saturated carbocycles. The Morgan fingerprint density at radius 3 is 2.42 bits per heavy atom. The molecule has 2 aromatic rings. The standard InChI is InChI=1S/C21H25N5O5/c1-29-16-5-3-15(4-6-16)26-12-11-25(21(26)28)14-20(27)24-10-9-17(13-24)31-19-8-7-18(30-2)22-23-19/h3-8,17H,9-14H2,1-2H3. The number of likely N-dealkylation sites (tertiary alicyclic amines) is 1. The average Bonchev–Trinajstić information content (AvgIpc) is 3.41. The Labute approximate surface area is 180 Å². The monoisotopic (exact) mass is 427 g/mol. The zero-order chi connectivity index (χ0) is 21.8. The first kappa shape index (κ1) is 20.7. The maximum atomic E-state index is 12.8. The van der Waals surface area contributed by atoms with Crippen LogP contribution in [0.2, 0.25) is 0 Å². The molecule has 10 heteroatoms. The molecule has 31 heavy (non-hydrogen) atoms. The van der Waals surface area contributed by atoms with E-state index in [1.165, 1.54) is 7.11 Å². The lowest BCUT2D eigenvalue weighted by molar-refractivity contribution is -0.130. The fraction of sp³-hybridized carbons (Fsp3) is 0.429. The third kappa shape index (κ3) is 4.62. The Morgan fingerprint density at radius 2 is 1.74 bits per heavy atom. The van der Waals surface area contributed by atoms with Gasteiger partial charge in [0, 0.05) is 43.9 Å². The van der Waals surface area contributed by atoms with E-state index in [0.717, 1.165) is 11.4 Å². The highest BCUT2D eigenvalue weighted by molar-refractivity contribution is 5.96. The minimum Gasteiger partial charge on any atom is -0.497 e. The number of carbonyl (C=O) groups excluding carboxylic acids is 2. The van der Waals surface area contributed by atoms with Crippen LogP contribution in [0.15, 0.2) is 36.4 Å². The van der Waals surface area contributed by atoms with Crippen molar-refractivity contribution in [3.63, 3.8) is 0 Å². The Morgan fingerprint density at radius 1 is 1.00 bits per heavy atom. The number of benzene rings is 1. The van der Waals surface area contributed by atoms with E-state index < -0.39 is 0 Å². The number of hydrogen-bond acceptors (Lipinski definition) is 7. The van der Waals surface area contributed by atoms with Crippen molar-refractivity contribution in [3.8, 4) is 17.5 Å². The Bertz CT molecular complexity index is 921. The van der Waals surface area contributed by atoms with Gasteiger partial charge in [-0.05, 0) is 24.3 Å². The molecule has 1 aromatic heterocycles. The van der Waals surface area contributed by atoms with Crippen LogP contribution in [0.5, 0.6) is 17.5 Å². The van der Waals surface area contributed by atoms with Crippen molar-refractivity contribution < 1.29 is 23.8 Å². The zero-order valence-corrected chi connectivity index (χ0v) is 17.6. The molecule has 2 saturated heterocycles. The number of carbonyl (C=O) groups is 2. The molecule has 1 unspecified atom stereocenters. The van der Waals surface area contributed by atoms with Gasteiger partial charge in [-0.3, -0.25) is 9.69 Å². The normalized spacial score (nSPS) is 18.5. The van der Waals surface area contributed by atoms with Gasteiger partial charge in [0.05, 0.1) is 20.8 Å². The van der Waals surface area contributed by atoms with E-state index in [1.54, 1.807) is 33.9 Å². The lowest BCUT2D eigenvalue weighted by atomic mass is 10.3. The van der Waals surface area contributed by atoms with Crippen molar-refractivity contribution in [2.45, 2.75) is 12.5 Å². The van der Waals surface area contributed by atoms with E-state index in [-0.39, 0.29) is 24.6 Å². The van der Waals surface area contributed by atoms with Gasteiger partial charge >= 0.3 is 6.03 Å². The van der Waals surface area contributed by atoms with Crippen molar-refractivity contribution in [2.24, 2.45) is 0 Å². The summed E-state index contributed by atoms with van der Waals surface area (Å²) < 4.78 is 16.0. The number of ether oxygens (including phenoxy) is 3. The summed E-state index contributed by atoms with van der Waals surface area (Å²) in [5.74, 6) is 1.45. The van der Waals surface area contributed by atoms with Crippen LogP contribution in [0.25, 0.3) is 0 Å². The van der Waals surface area contributed by atoms with Crippen LogP contribution >= 0.6 is 0 Å². The van der Waals surface area contributed by atoms with Crippen LogP contribution in [-0.4, -0.2) is 85.0 Å². The van der Waals surface area contributed by atoms with E-state index in [4.69, 9.17) is 14.2 Å². The lowest BCUT2D eigenvalue weighted by Gasteiger charge is -2.22.